The molecule has 3 amide bonds. The zero-order chi connectivity index (χ0) is 14.0. The largest absolute Gasteiger partial charge is 0.364 e. The molecular formula is C12H13N5O2. The first-order chi connectivity index (χ1) is 8.97. The van der Waals surface area contributed by atoms with Crippen molar-refractivity contribution in [2.75, 3.05) is 5.32 Å². The molecule has 1 aromatic heterocycles. The average molecular weight is 259 g/mol. The number of hydrogen-bond donors (Lipinski definition) is 3. The lowest BCUT2D eigenvalue weighted by atomic mass is 10.2. The normalized spacial score (nSPS) is 10.2. The van der Waals surface area contributed by atoms with Crippen LogP contribution in [0.3, 0.4) is 0 Å². The van der Waals surface area contributed by atoms with Gasteiger partial charge >= 0.3 is 6.03 Å². The maximum atomic E-state index is 11.3. The second-order valence-corrected chi connectivity index (χ2v) is 4.03. The molecule has 0 fully saturated rings. The number of urea groups is 1. The number of aryl methyl sites for hydroxylation is 1. The molecule has 0 spiro atoms. The van der Waals surface area contributed by atoms with E-state index in [4.69, 9.17) is 11.5 Å². The van der Waals surface area contributed by atoms with Gasteiger partial charge in [-0.05, 0) is 24.6 Å². The third-order valence-corrected chi connectivity index (χ3v) is 2.47. The van der Waals surface area contributed by atoms with Crippen molar-refractivity contribution in [3.05, 3.63) is 41.7 Å². The summed E-state index contributed by atoms with van der Waals surface area (Å²) < 4.78 is 1.46. The Bertz CT molecular complexity index is 647. The molecule has 7 heteroatoms. The molecule has 98 valence electrons. The van der Waals surface area contributed by atoms with Crippen molar-refractivity contribution in [1.29, 1.82) is 0 Å². The quantitative estimate of drug-likeness (QED) is 0.755. The van der Waals surface area contributed by atoms with Crippen molar-refractivity contribution >= 4 is 17.6 Å². The van der Waals surface area contributed by atoms with Gasteiger partial charge in [0.2, 0.25) is 0 Å². The van der Waals surface area contributed by atoms with Crippen LogP contribution in [0.25, 0.3) is 5.69 Å². The number of primary amides is 2. The number of amides is 3. The second-order valence-electron chi connectivity index (χ2n) is 4.03. The van der Waals surface area contributed by atoms with Gasteiger partial charge in [-0.1, -0.05) is 12.1 Å². The highest BCUT2D eigenvalue weighted by molar-refractivity contribution is 6.00. The maximum absolute atomic E-state index is 11.3. The molecule has 7 nitrogen and oxygen atoms in total. The molecule has 0 radical (unpaired) electrons. The van der Waals surface area contributed by atoms with Gasteiger partial charge in [0.25, 0.3) is 5.91 Å². The number of carbonyl (C=O) groups is 2. The number of anilines is 1. The van der Waals surface area contributed by atoms with Crippen LogP contribution in [-0.2, 0) is 0 Å². The molecule has 5 N–H and O–H groups in total. The molecule has 1 aromatic carbocycles. The van der Waals surface area contributed by atoms with E-state index in [2.05, 4.69) is 10.4 Å². The fourth-order valence-corrected chi connectivity index (χ4v) is 1.68. The monoisotopic (exact) mass is 259 g/mol. The predicted molar refractivity (Wildman–Crippen MR) is 70.0 cm³/mol. The van der Waals surface area contributed by atoms with Crippen molar-refractivity contribution in [1.82, 2.24) is 9.78 Å². The van der Waals surface area contributed by atoms with Gasteiger partial charge in [0.05, 0.1) is 17.6 Å². The number of rotatable bonds is 3. The number of carbonyl (C=O) groups excluding carboxylic acids is 2. The molecule has 0 saturated carbocycles. The molecular weight excluding hydrogens is 246 g/mol. The van der Waals surface area contributed by atoms with Crippen LogP contribution in [0.1, 0.15) is 16.1 Å². The lowest BCUT2D eigenvalue weighted by molar-refractivity contribution is 0.0996. The van der Waals surface area contributed by atoms with Crippen LogP contribution in [0.2, 0.25) is 0 Å². The predicted octanol–water partition coefficient (Wildman–Crippen LogP) is 0.770. The van der Waals surface area contributed by atoms with Gasteiger partial charge in [0.1, 0.15) is 0 Å². The van der Waals surface area contributed by atoms with Gasteiger partial charge in [-0.25, -0.2) is 9.48 Å². The second kappa shape index (κ2) is 4.81. The molecule has 0 aliphatic heterocycles. The van der Waals surface area contributed by atoms with E-state index in [0.29, 0.717) is 0 Å². The zero-order valence-electron chi connectivity index (χ0n) is 10.3. The van der Waals surface area contributed by atoms with E-state index in [-0.39, 0.29) is 11.4 Å². The Morgan fingerprint density at radius 2 is 2.05 bits per heavy atom. The molecule has 0 aliphatic carbocycles. The number of nitrogens with two attached hydrogens (primary N) is 2. The first kappa shape index (κ1) is 12.6. The lowest BCUT2D eigenvalue weighted by Crippen LogP contribution is -2.22. The summed E-state index contributed by atoms with van der Waals surface area (Å²) in [5, 5.41) is 6.36. The summed E-state index contributed by atoms with van der Waals surface area (Å²) in [6, 6.07) is 6.71. The highest BCUT2D eigenvalue weighted by atomic mass is 16.2. The van der Waals surface area contributed by atoms with Gasteiger partial charge in [0, 0.05) is 0 Å². The average Bonchev–Trinajstić information content (AvgIpc) is 2.72. The van der Waals surface area contributed by atoms with Crippen LogP contribution < -0.4 is 16.8 Å². The number of aromatic nitrogens is 2. The Hall–Kier alpha value is -2.83. The van der Waals surface area contributed by atoms with Crippen LogP contribution in [-0.4, -0.2) is 21.7 Å². The van der Waals surface area contributed by atoms with Crippen molar-refractivity contribution in [3.63, 3.8) is 0 Å². The zero-order valence-corrected chi connectivity index (χ0v) is 10.3. The minimum atomic E-state index is -0.786. The fraction of sp³-hybridized carbons (Fsp3) is 0.0833. The molecule has 0 unspecified atom stereocenters. The summed E-state index contributed by atoms with van der Waals surface area (Å²) in [7, 11) is 0. The lowest BCUT2D eigenvalue weighted by Gasteiger charge is -2.01. The third kappa shape index (κ3) is 2.71. The summed E-state index contributed by atoms with van der Waals surface area (Å²) in [6.07, 6.45) is 1.49. The molecule has 2 rings (SSSR count). The molecule has 0 atom stereocenters. The van der Waals surface area contributed by atoms with Crippen molar-refractivity contribution in [2.24, 2.45) is 11.5 Å². The van der Waals surface area contributed by atoms with Crippen molar-refractivity contribution in [2.45, 2.75) is 6.92 Å². The van der Waals surface area contributed by atoms with Gasteiger partial charge in [-0.3, -0.25) is 4.79 Å². The summed E-state index contributed by atoms with van der Waals surface area (Å²) in [5.74, 6) is -0.741. The number of benzene rings is 1. The van der Waals surface area contributed by atoms with Gasteiger partial charge in [-0.2, -0.15) is 5.10 Å². The topological polar surface area (TPSA) is 116 Å². The van der Waals surface area contributed by atoms with E-state index in [9.17, 15) is 9.59 Å². The molecule has 2 aromatic rings. The van der Waals surface area contributed by atoms with Crippen LogP contribution >= 0.6 is 0 Å². The minimum absolute atomic E-state index is 0.0414. The van der Waals surface area contributed by atoms with Gasteiger partial charge < -0.3 is 16.8 Å². The summed E-state index contributed by atoms with van der Waals surface area (Å²) in [6.45, 7) is 1.94. The van der Waals surface area contributed by atoms with Gasteiger partial charge in [0.15, 0.2) is 5.69 Å². The fourth-order valence-electron chi connectivity index (χ4n) is 1.68. The number of nitrogens with one attached hydrogen (secondary N) is 1. The Labute approximate surface area is 109 Å². The summed E-state index contributed by atoms with van der Waals surface area (Å²) in [5.41, 5.74) is 12.2. The highest BCUT2D eigenvalue weighted by Crippen LogP contribution is 2.17. The summed E-state index contributed by atoms with van der Waals surface area (Å²) in [4.78, 5) is 22.1. The third-order valence-electron chi connectivity index (χ3n) is 2.47. The highest BCUT2D eigenvalue weighted by Gasteiger charge is 2.16. The molecule has 0 bridgehead atoms. The van der Waals surface area contributed by atoms with E-state index >= 15 is 0 Å². The molecule has 0 aliphatic rings. The molecule has 19 heavy (non-hydrogen) atoms. The van der Waals surface area contributed by atoms with Crippen LogP contribution in [0.4, 0.5) is 10.5 Å². The Balaban J connectivity index is 2.48. The van der Waals surface area contributed by atoms with E-state index in [0.717, 1.165) is 11.3 Å². The Morgan fingerprint density at radius 1 is 1.32 bits per heavy atom. The minimum Gasteiger partial charge on any atom is -0.364 e. The van der Waals surface area contributed by atoms with Gasteiger partial charge in [-0.15, -0.1) is 0 Å². The number of hydrogen-bond acceptors (Lipinski definition) is 3. The van der Waals surface area contributed by atoms with Crippen LogP contribution in [0.5, 0.6) is 0 Å². The standard InChI is InChI=1S/C12H13N5O2/c1-7-3-2-4-8(5-7)17-6-9(15-12(14)19)10(16-17)11(13)18/h2-6H,1H3,(H2,13,18)(H3,14,15,19). The van der Waals surface area contributed by atoms with Crippen molar-refractivity contribution < 1.29 is 9.59 Å². The van der Waals surface area contributed by atoms with Crippen molar-refractivity contribution in [3.8, 4) is 5.69 Å². The number of nitrogens with zero attached hydrogens (tertiary/aromatic N) is 2. The van der Waals surface area contributed by atoms with E-state index in [1.165, 1.54) is 10.9 Å². The van der Waals surface area contributed by atoms with Crippen LogP contribution in [0, 0.1) is 6.92 Å². The van der Waals surface area contributed by atoms with E-state index < -0.39 is 11.9 Å². The maximum Gasteiger partial charge on any atom is 0.316 e. The molecule has 1 heterocycles. The summed E-state index contributed by atoms with van der Waals surface area (Å²) >= 11 is 0. The Morgan fingerprint density at radius 3 is 2.63 bits per heavy atom. The molecule has 0 saturated heterocycles. The first-order valence-electron chi connectivity index (χ1n) is 5.50. The van der Waals surface area contributed by atoms with E-state index in [1.807, 2.05) is 31.2 Å². The smallest absolute Gasteiger partial charge is 0.316 e. The Kier molecular flexibility index (Phi) is 3.19. The van der Waals surface area contributed by atoms with Crippen LogP contribution in [0.15, 0.2) is 30.5 Å². The first-order valence-corrected chi connectivity index (χ1v) is 5.50. The van der Waals surface area contributed by atoms with E-state index in [1.54, 1.807) is 0 Å². The SMILES string of the molecule is Cc1cccc(-n2cc(NC(N)=O)c(C(N)=O)n2)c1.